The summed E-state index contributed by atoms with van der Waals surface area (Å²) >= 11 is 0.836. The normalized spacial score (nSPS) is 15.7. The number of nitrogens with zero attached hydrogens (tertiary/aromatic N) is 2. The molecule has 2 aromatic heterocycles. The van der Waals surface area contributed by atoms with Crippen LogP contribution in [0.5, 0.6) is 0 Å². The molecule has 0 radical (unpaired) electrons. The first kappa shape index (κ1) is 24.1. The molecule has 3 heterocycles. The average Bonchev–Trinajstić information content (AvgIpc) is 3.14. The predicted molar refractivity (Wildman–Crippen MR) is 114 cm³/mol. The van der Waals surface area contributed by atoms with E-state index in [4.69, 9.17) is 4.74 Å². The number of amides is 2. The van der Waals surface area contributed by atoms with Crippen molar-refractivity contribution in [2.45, 2.75) is 44.6 Å². The molecule has 0 spiro atoms. The number of pyridine rings is 1. The Kier molecular flexibility index (Phi) is 6.84. The maximum atomic E-state index is 13.7. The molecule has 0 atom stereocenters. The van der Waals surface area contributed by atoms with Crippen molar-refractivity contribution in [1.29, 1.82) is 0 Å². The summed E-state index contributed by atoms with van der Waals surface area (Å²) in [5, 5.41) is 15.9. The Balaban J connectivity index is 1.76. The quantitative estimate of drug-likeness (QED) is 0.615. The van der Waals surface area contributed by atoms with Crippen LogP contribution in [0.3, 0.4) is 0 Å². The highest BCUT2D eigenvalue weighted by Crippen LogP contribution is 2.40. The lowest BCUT2D eigenvalue weighted by molar-refractivity contribution is -0.136. The van der Waals surface area contributed by atoms with Crippen LogP contribution in [-0.2, 0) is 10.9 Å². The van der Waals surface area contributed by atoms with Crippen LogP contribution >= 0.6 is 11.3 Å². The Morgan fingerprint density at radius 3 is 2.53 bits per heavy atom. The number of aliphatic hydroxyl groups is 1. The lowest BCUT2D eigenvalue weighted by Gasteiger charge is -2.33. The summed E-state index contributed by atoms with van der Waals surface area (Å²) in [7, 11) is 1.41. The molecule has 1 aliphatic rings. The SMILES string of the molecule is CNC(=O)c1csc2c(C(F)(F)F)cc(N3CCC(OC(=O)NCC(C)(C)O)CC3)nc12. The van der Waals surface area contributed by atoms with Gasteiger partial charge >= 0.3 is 12.3 Å². The van der Waals surface area contributed by atoms with Crippen LogP contribution in [0.25, 0.3) is 10.2 Å². The molecule has 3 rings (SSSR count). The third-order valence-electron chi connectivity index (χ3n) is 4.99. The predicted octanol–water partition coefficient (Wildman–Crippen LogP) is 3.14. The smallest absolute Gasteiger partial charge is 0.417 e. The Morgan fingerprint density at radius 2 is 1.97 bits per heavy atom. The Bertz CT molecular complexity index is 995. The van der Waals surface area contributed by atoms with Crippen LogP contribution in [0.15, 0.2) is 11.4 Å². The van der Waals surface area contributed by atoms with Crippen LogP contribution in [0.4, 0.5) is 23.8 Å². The summed E-state index contributed by atoms with van der Waals surface area (Å²) in [5.74, 6) is -0.378. The number of anilines is 1. The summed E-state index contributed by atoms with van der Waals surface area (Å²) in [6, 6.07) is 1.00. The number of thiophene rings is 1. The number of piperidine rings is 1. The number of nitrogens with one attached hydrogen (secondary N) is 2. The number of aromatic nitrogens is 1. The molecule has 1 fully saturated rings. The summed E-state index contributed by atoms with van der Waals surface area (Å²) < 4.78 is 46.3. The van der Waals surface area contributed by atoms with Gasteiger partial charge in [0.15, 0.2) is 0 Å². The summed E-state index contributed by atoms with van der Waals surface area (Å²) in [4.78, 5) is 30.0. The topological polar surface area (TPSA) is 104 Å². The van der Waals surface area contributed by atoms with Gasteiger partial charge < -0.3 is 25.4 Å². The molecular weight excluding hydrogens is 449 g/mol. The van der Waals surface area contributed by atoms with Gasteiger partial charge in [0.25, 0.3) is 5.91 Å². The van der Waals surface area contributed by atoms with Gasteiger partial charge in [0, 0.05) is 44.9 Å². The van der Waals surface area contributed by atoms with Gasteiger partial charge in [-0.2, -0.15) is 13.2 Å². The Hall–Kier alpha value is -2.60. The molecule has 0 unspecified atom stereocenters. The monoisotopic (exact) mass is 474 g/mol. The minimum absolute atomic E-state index is 0.0172. The van der Waals surface area contributed by atoms with E-state index < -0.39 is 35.4 Å². The van der Waals surface area contributed by atoms with Crippen LogP contribution < -0.4 is 15.5 Å². The first-order chi connectivity index (χ1) is 14.9. The van der Waals surface area contributed by atoms with Gasteiger partial charge in [-0.3, -0.25) is 4.79 Å². The van der Waals surface area contributed by atoms with E-state index in [1.165, 1.54) is 12.4 Å². The van der Waals surface area contributed by atoms with Gasteiger partial charge in [-0.1, -0.05) is 0 Å². The molecule has 176 valence electrons. The lowest BCUT2D eigenvalue weighted by Crippen LogP contribution is -2.42. The third-order valence-corrected chi connectivity index (χ3v) is 5.99. The Morgan fingerprint density at radius 1 is 1.31 bits per heavy atom. The van der Waals surface area contributed by atoms with Gasteiger partial charge in [-0.25, -0.2) is 9.78 Å². The largest absolute Gasteiger partial charge is 0.446 e. The second-order valence-corrected chi connectivity index (χ2v) is 9.07. The van der Waals surface area contributed by atoms with Crippen LogP contribution in [-0.4, -0.2) is 60.5 Å². The number of hydrogen-bond donors (Lipinski definition) is 3. The van der Waals surface area contributed by atoms with Gasteiger partial charge in [0.2, 0.25) is 0 Å². The number of rotatable bonds is 5. The number of alkyl halides is 3. The van der Waals surface area contributed by atoms with E-state index in [1.54, 1.807) is 18.7 Å². The van der Waals surface area contributed by atoms with E-state index in [-0.39, 0.29) is 28.1 Å². The fourth-order valence-corrected chi connectivity index (χ4v) is 4.37. The van der Waals surface area contributed by atoms with Crippen molar-refractivity contribution in [3.05, 3.63) is 22.6 Å². The fraction of sp³-hybridized carbons (Fsp3) is 0.550. The molecule has 0 saturated carbocycles. The van der Waals surface area contributed by atoms with Crippen LogP contribution in [0, 0.1) is 0 Å². The first-order valence-corrected chi connectivity index (χ1v) is 10.9. The van der Waals surface area contributed by atoms with Gasteiger partial charge in [-0.15, -0.1) is 11.3 Å². The van der Waals surface area contributed by atoms with E-state index in [0.29, 0.717) is 25.9 Å². The molecule has 32 heavy (non-hydrogen) atoms. The minimum atomic E-state index is -4.60. The molecule has 8 nitrogen and oxygen atoms in total. The van der Waals surface area contributed by atoms with Gasteiger partial charge in [0.05, 0.1) is 26.9 Å². The van der Waals surface area contributed by atoms with Crippen molar-refractivity contribution in [3.63, 3.8) is 0 Å². The lowest BCUT2D eigenvalue weighted by atomic mass is 10.1. The van der Waals surface area contributed by atoms with Crippen molar-refractivity contribution in [1.82, 2.24) is 15.6 Å². The number of alkyl carbamates (subject to hydrolysis) is 1. The zero-order valence-corrected chi connectivity index (χ0v) is 18.7. The van der Waals surface area contributed by atoms with Crippen molar-refractivity contribution >= 4 is 39.4 Å². The summed E-state index contributed by atoms with van der Waals surface area (Å²) in [6.07, 6.45) is -4.84. The fourth-order valence-electron chi connectivity index (χ4n) is 3.35. The molecule has 2 aromatic rings. The van der Waals surface area contributed by atoms with Crippen molar-refractivity contribution in [2.24, 2.45) is 0 Å². The third kappa shape index (κ3) is 5.60. The zero-order valence-electron chi connectivity index (χ0n) is 17.9. The number of fused-ring (bicyclic) bond motifs is 1. The minimum Gasteiger partial charge on any atom is -0.446 e. The maximum absolute atomic E-state index is 13.7. The number of hydrogen-bond acceptors (Lipinski definition) is 7. The van der Waals surface area contributed by atoms with Crippen molar-refractivity contribution in [2.75, 3.05) is 31.6 Å². The molecule has 0 aliphatic carbocycles. The molecule has 3 N–H and O–H groups in total. The molecule has 1 aliphatic heterocycles. The highest BCUT2D eigenvalue weighted by molar-refractivity contribution is 7.17. The Labute approximate surface area is 186 Å². The highest BCUT2D eigenvalue weighted by atomic mass is 32.1. The molecule has 0 bridgehead atoms. The summed E-state index contributed by atoms with van der Waals surface area (Å²) in [6.45, 7) is 3.79. The number of carbonyl (C=O) groups is 2. The van der Waals surface area contributed by atoms with Crippen LogP contribution in [0.1, 0.15) is 42.6 Å². The van der Waals surface area contributed by atoms with Gasteiger partial charge in [-0.05, 0) is 19.9 Å². The zero-order chi connectivity index (χ0) is 23.7. The van der Waals surface area contributed by atoms with E-state index in [9.17, 15) is 27.9 Å². The molecule has 1 saturated heterocycles. The summed E-state index contributed by atoms with van der Waals surface area (Å²) in [5.41, 5.74) is -1.79. The number of ether oxygens (including phenoxy) is 1. The number of carbonyl (C=O) groups excluding carboxylic acids is 2. The van der Waals surface area contributed by atoms with E-state index >= 15 is 0 Å². The van der Waals surface area contributed by atoms with Crippen LogP contribution in [0.2, 0.25) is 0 Å². The van der Waals surface area contributed by atoms with E-state index in [0.717, 1.165) is 17.4 Å². The molecule has 12 heteroatoms. The van der Waals surface area contributed by atoms with Crippen molar-refractivity contribution < 1.29 is 32.6 Å². The van der Waals surface area contributed by atoms with E-state index in [1.807, 2.05) is 0 Å². The highest BCUT2D eigenvalue weighted by Gasteiger charge is 2.36. The van der Waals surface area contributed by atoms with Gasteiger partial charge in [0.1, 0.15) is 11.9 Å². The van der Waals surface area contributed by atoms with E-state index in [2.05, 4.69) is 15.6 Å². The second kappa shape index (κ2) is 9.10. The first-order valence-electron chi connectivity index (χ1n) is 10.0. The maximum Gasteiger partial charge on any atom is 0.417 e. The molecular formula is C20H25F3N4O4S. The average molecular weight is 475 g/mol. The molecule has 0 aromatic carbocycles. The second-order valence-electron chi connectivity index (χ2n) is 8.19. The number of halogens is 3. The molecule has 2 amide bonds. The van der Waals surface area contributed by atoms with Crippen molar-refractivity contribution in [3.8, 4) is 0 Å². The standard InChI is InChI=1S/C20H25F3N4O4S/c1-19(2,30)10-25-18(29)31-11-4-6-27(7-5-11)14-8-13(20(21,22)23)16-15(26-14)12(9-32-16)17(28)24-3/h8-9,11,30H,4-7,10H2,1-3H3,(H,24,28)(H,25,29).